The second-order valence-corrected chi connectivity index (χ2v) is 3.26. The summed E-state index contributed by atoms with van der Waals surface area (Å²) in [6.45, 7) is 1.40. The van der Waals surface area contributed by atoms with Gasteiger partial charge in [0.2, 0.25) is 0 Å². The fourth-order valence-corrected chi connectivity index (χ4v) is 1.27. The van der Waals surface area contributed by atoms with Gasteiger partial charge in [-0.15, -0.1) is 0 Å². The van der Waals surface area contributed by atoms with Crippen molar-refractivity contribution in [2.45, 2.75) is 13.1 Å². The number of hydrogen-bond acceptors (Lipinski definition) is 4. The summed E-state index contributed by atoms with van der Waals surface area (Å²) in [5, 5.41) is 7.39. The first-order chi connectivity index (χ1) is 7.34. The topological polar surface area (TPSA) is 55.6 Å². The molecule has 0 saturated carbocycles. The molecule has 2 heterocycles. The summed E-state index contributed by atoms with van der Waals surface area (Å²) in [4.78, 5) is 8.32. The maximum Gasteiger partial charge on any atom is 0.164 e. The average Bonchev–Trinajstić information content (AvgIpc) is 2.66. The number of nitrogens with one attached hydrogen (secondary N) is 1. The van der Waals surface area contributed by atoms with Gasteiger partial charge in [-0.3, -0.25) is 9.67 Å². The molecule has 15 heavy (non-hydrogen) atoms. The van der Waals surface area contributed by atoms with Gasteiger partial charge in [-0.25, -0.2) is 4.98 Å². The van der Waals surface area contributed by atoms with Crippen LogP contribution in [0.15, 0.2) is 30.7 Å². The molecule has 78 valence electrons. The Morgan fingerprint density at radius 3 is 2.87 bits per heavy atom. The number of rotatable bonds is 4. The van der Waals surface area contributed by atoms with E-state index >= 15 is 0 Å². The molecule has 0 saturated heterocycles. The van der Waals surface area contributed by atoms with Crippen LogP contribution in [0, 0.1) is 0 Å². The van der Waals surface area contributed by atoms with Crippen LogP contribution in [0.4, 0.5) is 0 Å². The van der Waals surface area contributed by atoms with Crippen LogP contribution in [-0.4, -0.2) is 19.7 Å². The van der Waals surface area contributed by atoms with Crippen molar-refractivity contribution in [3.63, 3.8) is 0 Å². The Kier molecular flexibility index (Phi) is 3.04. The van der Waals surface area contributed by atoms with Crippen molar-refractivity contribution in [1.82, 2.24) is 25.1 Å². The van der Waals surface area contributed by atoms with Crippen molar-refractivity contribution in [2.24, 2.45) is 7.05 Å². The Morgan fingerprint density at radius 2 is 2.20 bits per heavy atom. The van der Waals surface area contributed by atoms with Crippen LogP contribution in [0.25, 0.3) is 0 Å². The van der Waals surface area contributed by atoms with Crippen LogP contribution in [0.5, 0.6) is 0 Å². The predicted octanol–water partition coefficient (Wildman–Crippen LogP) is 0.500. The Labute approximate surface area is 88.2 Å². The Balaban J connectivity index is 1.80. The summed E-state index contributed by atoms with van der Waals surface area (Å²) in [5.74, 6) is 0.799. The third-order valence-corrected chi connectivity index (χ3v) is 1.96. The van der Waals surface area contributed by atoms with Gasteiger partial charge in [0, 0.05) is 19.8 Å². The highest BCUT2D eigenvalue weighted by molar-refractivity contribution is 5.02. The lowest BCUT2D eigenvalue weighted by molar-refractivity contribution is 0.641. The normalized spacial score (nSPS) is 10.5. The van der Waals surface area contributed by atoms with Gasteiger partial charge >= 0.3 is 0 Å². The van der Waals surface area contributed by atoms with Gasteiger partial charge in [0.25, 0.3) is 0 Å². The molecule has 2 aromatic heterocycles. The van der Waals surface area contributed by atoms with Crippen molar-refractivity contribution in [3.05, 3.63) is 42.2 Å². The van der Waals surface area contributed by atoms with Gasteiger partial charge < -0.3 is 5.32 Å². The minimum absolute atomic E-state index is 0.664. The monoisotopic (exact) mass is 203 g/mol. The van der Waals surface area contributed by atoms with Crippen molar-refractivity contribution in [2.75, 3.05) is 0 Å². The molecule has 0 aromatic carbocycles. The van der Waals surface area contributed by atoms with Crippen LogP contribution in [0.1, 0.15) is 11.5 Å². The molecule has 0 aliphatic carbocycles. The van der Waals surface area contributed by atoms with Crippen LogP contribution < -0.4 is 5.32 Å². The van der Waals surface area contributed by atoms with E-state index in [-0.39, 0.29) is 0 Å². The standard InChI is InChI=1S/C10H13N5/c1-15-8-13-10(14-15)7-11-6-9-4-2-3-5-12-9/h2-5,8,11H,6-7H2,1H3. The number of aromatic nitrogens is 4. The van der Waals surface area contributed by atoms with Crippen LogP contribution in [0.2, 0.25) is 0 Å². The molecule has 0 unspecified atom stereocenters. The molecule has 0 aliphatic rings. The molecule has 5 heteroatoms. The Morgan fingerprint density at radius 1 is 1.27 bits per heavy atom. The predicted molar refractivity (Wildman–Crippen MR) is 55.8 cm³/mol. The van der Waals surface area contributed by atoms with E-state index in [9.17, 15) is 0 Å². The molecular formula is C10H13N5. The molecule has 2 aromatic rings. The minimum Gasteiger partial charge on any atom is -0.304 e. The molecule has 0 bridgehead atoms. The zero-order valence-corrected chi connectivity index (χ0v) is 8.59. The first kappa shape index (κ1) is 9.79. The van der Waals surface area contributed by atoms with Crippen LogP contribution in [0.3, 0.4) is 0 Å². The molecule has 1 N–H and O–H groups in total. The molecule has 0 radical (unpaired) electrons. The maximum atomic E-state index is 4.21. The summed E-state index contributed by atoms with van der Waals surface area (Å²) < 4.78 is 1.69. The molecule has 0 fully saturated rings. The van der Waals surface area contributed by atoms with E-state index in [0.717, 1.165) is 18.1 Å². The maximum absolute atomic E-state index is 4.21. The first-order valence-corrected chi connectivity index (χ1v) is 4.80. The number of hydrogen-bond donors (Lipinski definition) is 1. The third kappa shape index (κ3) is 2.85. The van der Waals surface area contributed by atoms with Crippen molar-refractivity contribution < 1.29 is 0 Å². The van der Waals surface area contributed by atoms with Crippen molar-refractivity contribution >= 4 is 0 Å². The van der Waals surface area contributed by atoms with E-state index in [1.165, 1.54) is 0 Å². The lowest BCUT2D eigenvalue weighted by Gasteiger charge is -2.00. The van der Waals surface area contributed by atoms with Gasteiger partial charge in [0.15, 0.2) is 5.82 Å². The number of aryl methyl sites for hydroxylation is 1. The lowest BCUT2D eigenvalue weighted by atomic mass is 10.3. The van der Waals surface area contributed by atoms with Gasteiger partial charge in [0.05, 0.1) is 12.2 Å². The largest absolute Gasteiger partial charge is 0.304 e. The van der Waals surface area contributed by atoms with E-state index in [2.05, 4.69) is 20.4 Å². The molecule has 0 atom stereocenters. The Bertz CT molecular complexity index is 409. The summed E-state index contributed by atoms with van der Waals surface area (Å²) in [6, 6.07) is 5.87. The summed E-state index contributed by atoms with van der Waals surface area (Å²) in [6.07, 6.45) is 3.48. The van der Waals surface area contributed by atoms with E-state index in [1.54, 1.807) is 17.2 Å². The smallest absolute Gasteiger partial charge is 0.164 e. The summed E-state index contributed by atoms with van der Waals surface area (Å²) in [5.41, 5.74) is 1.02. The average molecular weight is 203 g/mol. The van der Waals surface area contributed by atoms with Gasteiger partial charge in [0.1, 0.15) is 6.33 Å². The summed E-state index contributed by atoms with van der Waals surface area (Å²) in [7, 11) is 1.86. The van der Waals surface area contributed by atoms with E-state index in [4.69, 9.17) is 0 Å². The molecular weight excluding hydrogens is 190 g/mol. The minimum atomic E-state index is 0.664. The second kappa shape index (κ2) is 4.65. The fourth-order valence-electron chi connectivity index (χ4n) is 1.27. The van der Waals surface area contributed by atoms with Crippen LogP contribution in [-0.2, 0) is 20.1 Å². The van der Waals surface area contributed by atoms with Gasteiger partial charge in [-0.2, -0.15) is 5.10 Å². The quantitative estimate of drug-likeness (QED) is 0.786. The van der Waals surface area contributed by atoms with E-state index in [1.807, 2.05) is 25.2 Å². The highest BCUT2D eigenvalue weighted by atomic mass is 15.3. The fraction of sp³-hybridized carbons (Fsp3) is 0.300. The van der Waals surface area contributed by atoms with Crippen LogP contribution >= 0.6 is 0 Å². The Hall–Kier alpha value is -1.75. The second-order valence-electron chi connectivity index (χ2n) is 3.26. The molecule has 0 aliphatic heterocycles. The molecule has 0 spiro atoms. The molecule has 0 amide bonds. The van der Waals surface area contributed by atoms with Gasteiger partial charge in [-0.05, 0) is 12.1 Å². The number of pyridine rings is 1. The van der Waals surface area contributed by atoms with Crippen molar-refractivity contribution in [1.29, 1.82) is 0 Å². The third-order valence-electron chi connectivity index (χ3n) is 1.96. The SMILES string of the molecule is Cn1cnc(CNCc2ccccn2)n1. The van der Waals surface area contributed by atoms with Gasteiger partial charge in [-0.1, -0.05) is 6.07 Å². The first-order valence-electron chi connectivity index (χ1n) is 4.80. The zero-order valence-electron chi connectivity index (χ0n) is 8.59. The lowest BCUT2D eigenvalue weighted by Crippen LogP contribution is -2.14. The summed E-state index contributed by atoms with van der Waals surface area (Å²) >= 11 is 0. The highest BCUT2D eigenvalue weighted by Crippen LogP contribution is 1.93. The number of nitrogens with zero attached hydrogens (tertiary/aromatic N) is 4. The van der Waals surface area contributed by atoms with Crippen molar-refractivity contribution in [3.8, 4) is 0 Å². The highest BCUT2D eigenvalue weighted by Gasteiger charge is 1.98. The van der Waals surface area contributed by atoms with E-state index < -0.39 is 0 Å². The molecule has 2 rings (SSSR count). The zero-order chi connectivity index (χ0) is 10.5. The molecule has 5 nitrogen and oxygen atoms in total. The van der Waals surface area contributed by atoms with E-state index in [0.29, 0.717) is 6.54 Å².